The Kier molecular flexibility index (Phi) is 5.73. The Morgan fingerprint density at radius 1 is 1.48 bits per heavy atom. The van der Waals surface area contributed by atoms with Crippen LogP contribution in [0.1, 0.15) is 29.3 Å². The quantitative estimate of drug-likeness (QED) is 0.825. The Morgan fingerprint density at radius 3 is 2.83 bits per heavy atom. The maximum atomic E-state index is 12.2. The van der Waals surface area contributed by atoms with E-state index in [-0.39, 0.29) is 16.7 Å². The second-order valence-electron chi connectivity index (χ2n) is 5.45. The average molecular weight is 355 g/mol. The molecule has 0 atom stereocenters. The molecule has 0 radical (unpaired) electrons. The number of hydrogen-bond donors (Lipinski definition) is 2. The van der Waals surface area contributed by atoms with Gasteiger partial charge in [0.2, 0.25) is 0 Å². The van der Waals surface area contributed by atoms with Crippen molar-refractivity contribution in [1.82, 2.24) is 20.3 Å². The molecule has 2 aromatic rings. The summed E-state index contributed by atoms with van der Waals surface area (Å²) in [7, 11) is 1.86. The molecule has 2 heterocycles. The van der Waals surface area contributed by atoms with Crippen LogP contribution in [-0.2, 0) is 6.54 Å². The van der Waals surface area contributed by atoms with Crippen LogP contribution < -0.4 is 16.0 Å². The number of amides is 1. The molecule has 0 spiro atoms. The molecule has 0 aromatic carbocycles. The number of thiazole rings is 1. The van der Waals surface area contributed by atoms with Crippen molar-refractivity contribution in [2.75, 3.05) is 24.2 Å². The predicted octanol–water partition coefficient (Wildman–Crippen LogP) is 2.19. The monoisotopic (exact) mass is 354 g/mol. The summed E-state index contributed by atoms with van der Waals surface area (Å²) < 4.78 is 0. The summed E-state index contributed by atoms with van der Waals surface area (Å²) in [6, 6.07) is 0. The van der Waals surface area contributed by atoms with Crippen molar-refractivity contribution in [2.24, 2.45) is 5.92 Å². The zero-order valence-electron chi connectivity index (χ0n) is 13.2. The molecule has 0 bridgehead atoms. The predicted molar refractivity (Wildman–Crippen MR) is 92.8 cm³/mol. The van der Waals surface area contributed by atoms with Crippen molar-refractivity contribution in [2.45, 2.75) is 20.4 Å². The molecule has 2 rings (SSSR count). The summed E-state index contributed by atoms with van der Waals surface area (Å²) in [5.74, 6) is 0.525. The third-order valence-electron chi connectivity index (χ3n) is 2.96. The number of rotatable bonds is 6. The summed E-state index contributed by atoms with van der Waals surface area (Å²) in [5, 5.41) is 5.49. The van der Waals surface area contributed by atoms with Gasteiger partial charge in [0, 0.05) is 25.2 Å². The van der Waals surface area contributed by atoms with Crippen molar-refractivity contribution < 1.29 is 4.79 Å². The van der Waals surface area contributed by atoms with E-state index in [0.717, 1.165) is 11.6 Å². The van der Waals surface area contributed by atoms with Gasteiger partial charge in [0.1, 0.15) is 5.01 Å². The molecule has 124 valence electrons. The van der Waals surface area contributed by atoms with Gasteiger partial charge in [0.15, 0.2) is 22.5 Å². The zero-order chi connectivity index (χ0) is 17.0. The maximum Gasteiger partial charge on any atom is 0.274 e. The number of hydrogen-bond acceptors (Lipinski definition) is 7. The molecular formula is C14H19ClN6OS. The van der Waals surface area contributed by atoms with Crippen LogP contribution in [0.2, 0.25) is 5.15 Å². The summed E-state index contributed by atoms with van der Waals surface area (Å²) >= 11 is 7.62. The van der Waals surface area contributed by atoms with Crippen LogP contribution in [-0.4, -0.2) is 34.5 Å². The second kappa shape index (κ2) is 7.56. The first kappa shape index (κ1) is 17.4. The smallest absolute Gasteiger partial charge is 0.274 e. The third kappa shape index (κ3) is 4.52. The molecule has 0 aliphatic rings. The lowest BCUT2D eigenvalue weighted by Gasteiger charge is -2.21. The van der Waals surface area contributed by atoms with Gasteiger partial charge in [-0.3, -0.25) is 4.79 Å². The lowest BCUT2D eigenvalue weighted by atomic mass is 10.2. The molecule has 1 amide bonds. The van der Waals surface area contributed by atoms with Crippen molar-refractivity contribution in [3.63, 3.8) is 0 Å². The highest BCUT2D eigenvalue weighted by molar-refractivity contribution is 7.09. The SMILES string of the molecule is CC(C)CN(C)c1nc(N)c(C(=O)NCc2nccs2)nc1Cl. The van der Waals surface area contributed by atoms with E-state index in [0.29, 0.717) is 18.3 Å². The first-order chi connectivity index (χ1) is 10.9. The van der Waals surface area contributed by atoms with Crippen LogP contribution in [0.25, 0.3) is 0 Å². The van der Waals surface area contributed by atoms with E-state index < -0.39 is 5.91 Å². The highest BCUT2D eigenvalue weighted by Gasteiger charge is 2.19. The van der Waals surface area contributed by atoms with Crippen molar-refractivity contribution >= 4 is 40.5 Å². The van der Waals surface area contributed by atoms with Crippen LogP contribution in [0.3, 0.4) is 0 Å². The van der Waals surface area contributed by atoms with Gasteiger partial charge in [-0.2, -0.15) is 0 Å². The fourth-order valence-corrected chi connectivity index (χ4v) is 2.87. The normalized spacial score (nSPS) is 10.8. The van der Waals surface area contributed by atoms with Gasteiger partial charge in [-0.05, 0) is 5.92 Å². The van der Waals surface area contributed by atoms with Gasteiger partial charge in [0.05, 0.1) is 6.54 Å². The zero-order valence-corrected chi connectivity index (χ0v) is 14.8. The molecule has 3 N–H and O–H groups in total. The summed E-state index contributed by atoms with van der Waals surface area (Å²) in [4.78, 5) is 26.5. The topological polar surface area (TPSA) is 97.0 Å². The standard InChI is InChI=1S/C14H19ClN6OS/c1-8(2)7-21(3)13-11(15)19-10(12(16)20-13)14(22)18-6-9-17-4-5-23-9/h4-5,8H,6-7H2,1-3H3,(H2,16,20)(H,18,22). The average Bonchev–Trinajstić information content (AvgIpc) is 2.99. The number of nitrogens with zero attached hydrogens (tertiary/aromatic N) is 4. The van der Waals surface area contributed by atoms with E-state index in [4.69, 9.17) is 17.3 Å². The number of carbonyl (C=O) groups is 1. The Balaban J connectivity index is 2.13. The number of carbonyl (C=O) groups excluding carboxylic acids is 1. The second-order valence-corrected chi connectivity index (χ2v) is 6.79. The van der Waals surface area contributed by atoms with Gasteiger partial charge in [-0.1, -0.05) is 25.4 Å². The number of aromatic nitrogens is 3. The van der Waals surface area contributed by atoms with Crippen LogP contribution in [0.15, 0.2) is 11.6 Å². The van der Waals surface area contributed by atoms with Crippen molar-refractivity contribution in [3.8, 4) is 0 Å². The van der Waals surface area contributed by atoms with Gasteiger partial charge in [-0.25, -0.2) is 15.0 Å². The van der Waals surface area contributed by atoms with E-state index in [1.807, 2.05) is 17.3 Å². The fourth-order valence-electron chi connectivity index (χ4n) is 2.04. The molecule has 2 aromatic heterocycles. The van der Waals surface area contributed by atoms with Gasteiger partial charge >= 0.3 is 0 Å². The minimum Gasteiger partial charge on any atom is -0.382 e. The Hall–Kier alpha value is -1.93. The molecular weight excluding hydrogens is 336 g/mol. The molecule has 9 heteroatoms. The minimum atomic E-state index is -0.426. The molecule has 0 saturated carbocycles. The van der Waals surface area contributed by atoms with Crippen LogP contribution in [0.4, 0.5) is 11.6 Å². The number of nitrogens with one attached hydrogen (secondary N) is 1. The first-order valence-electron chi connectivity index (χ1n) is 7.09. The third-order valence-corrected chi connectivity index (χ3v) is 4.00. The Morgan fingerprint density at radius 2 is 2.22 bits per heavy atom. The number of anilines is 2. The van der Waals surface area contributed by atoms with Crippen molar-refractivity contribution in [1.29, 1.82) is 0 Å². The van der Waals surface area contributed by atoms with E-state index in [9.17, 15) is 4.79 Å². The number of nitrogen functional groups attached to an aromatic ring is 1. The van der Waals surface area contributed by atoms with E-state index >= 15 is 0 Å². The molecule has 0 saturated heterocycles. The van der Waals surface area contributed by atoms with Gasteiger partial charge in [0.25, 0.3) is 5.91 Å². The largest absolute Gasteiger partial charge is 0.382 e. The molecule has 0 aliphatic heterocycles. The van der Waals surface area contributed by atoms with Gasteiger partial charge in [-0.15, -0.1) is 11.3 Å². The maximum absolute atomic E-state index is 12.2. The molecule has 23 heavy (non-hydrogen) atoms. The van der Waals surface area contributed by atoms with E-state index in [2.05, 4.69) is 34.1 Å². The molecule has 0 fully saturated rings. The number of nitrogens with two attached hydrogens (primary N) is 1. The first-order valence-corrected chi connectivity index (χ1v) is 8.35. The van der Waals surface area contributed by atoms with E-state index in [1.165, 1.54) is 11.3 Å². The summed E-state index contributed by atoms with van der Waals surface area (Å²) in [6.45, 7) is 5.23. The molecule has 7 nitrogen and oxygen atoms in total. The highest BCUT2D eigenvalue weighted by atomic mass is 35.5. The molecule has 0 unspecified atom stereocenters. The molecule has 0 aliphatic carbocycles. The van der Waals surface area contributed by atoms with E-state index in [1.54, 1.807) is 6.20 Å². The summed E-state index contributed by atoms with van der Waals surface area (Å²) in [5.41, 5.74) is 5.90. The lowest BCUT2D eigenvalue weighted by molar-refractivity contribution is 0.0946. The van der Waals surface area contributed by atoms with Crippen molar-refractivity contribution in [3.05, 3.63) is 27.4 Å². The Bertz CT molecular complexity index is 676. The summed E-state index contributed by atoms with van der Waals surface area (Å²) in [6.07, 6.45) is 1.68. The van der Waals surface area contributed by atoms with Crippen LogP contribution in [0.5, 0.6) is 0 Å². The fraction of sp³-hybridized carbons (Fsp3) is 0.429. The highest BCUT2D eigenvalue weighted by Crippen LogP contribution is 2.24. The lowest BCUT2D eigenvalue weighted by Crippen LogP contribution is -2.28. The van der Waals surface area contributed by atoms with Gasteiger partial charge < -0.3 is 16.0 Å². The number of halogens is 1. The Labute approximate surface area is 143 Å². The van der Waals surface area contributed by atoms with Crippen LogP contribution in [0, 0.1) is 5.92 Å². The minimum absolute atomic E-state index is 0.0215. The van der Waals surface area contributed by atoms with Crippen LogP contribution >= 0.6 is 22.9 Å².